The number of hydroxylamine groups is 1. The van der Waals surface area contributed by atoms with E-state index in [-0.39, 0.29) is 22.0 Å². The molecule has 1 heterocycles. The van der Waals surface area contributed by atoms with Crippen molar-refractivity contribution in [3.63, 3.8) is 0 Å². The van der Waals surface area contributed by atoms with E-state index < -0.39 is 28.5 Å². The zero-order valence-corrected chi connectivity index (χ0v) is 17.0. The highest BCUT2D eigenvalue weighted by atomic mass is 35.5. The lowest BCUT2D eigenvalue weighted by Gasteiger charge is -2.17. The molecule has 0 aliphatic heterocycles. The summed E-state index contributed by atoms with van der Waals surface area (Å²) in [7, 11) is -0.170. The number of nitrogens with zero attached hydrogens (tertiary/aromatic N) is 2. The number of carbonyl (C=O) groups is 2. The first-order chi connectivity index (χ1) is 13.2. The van der Waals surface area contributed by atoms with Gasteiger partial charge < -0.3 is 14.1 Å². The molecular formula is C17H19ClN2O7S. The Hall–Kier alpha value is -2.40. The average molecular weight is 431 g/mol. The van der Waals surface area contributed by atoms with E-state index in [1.807, 2.05) is 0 Å². The van der Waals surface area contributed by atoms with Crippen LogP contribution >= 0.6 is 11.6 Å². The fourth-order valence-corrected chi connectivity index (χ4v) is 3.58. The van der Waals surface area contributed by atoms with Crippen LogP contribution in [0.15, 0.2) is 45.9 Å². The lowest BCUT2D eigenvalue weighted by molar-refractivity contribution is -0.133. The number of hydrogen-bond acceptors (Lipinski definition) is 7. The third-order valence-electron chi connectivity index (χ3n) is 3.77. The van der Waals surface area contributed by atoms with Crippen LogP contribution in [0, 0.1) is 0 Å². The lowest BCUT2D eigenvalue weighted by atomic mass is 10.2. The largest absolute Gasteiger partial charge is 0.467 e. The van der Waals surface area contributed by atoms with Gasteiger partial charge in [0.2, 0.25) is 0 Å². The maximum absolute atomic E-state index is 12.4. The van der Waals surface area contributed by atoms with E-state index in [1.54, 1.807) is 12.1 Å². The van der Waals surface area contributed by atoms with Crippen molar-refractivity contribution < 1.29 is 32.0 Å². The number of benzene rings is 1. The van der Waals surface area contributed by atoms with Crippen molar-refractivity contribution in [3.8, 4) is 0 Å². The van der Waals surface area contributed by atoms with Gasteiger partial charge in [-0.05, 0) is 30.3 Å². The minimum absolute atomic E-state index is 0.0750. The summed E-state index contributed by atoms with van der Waals surface area (Å²) in [6, 6.07) is 7.02. The van der Waals surface area contributed by atoms with E-state index in [4.69, 9.17) is 20.8 Å². The predicted octanol–water partition coefficient (Wildman–Crippen LogP) is 1.93. The molecule has 0 spiro atoms. The van der Waals surface area contributed by atoms with Crippen molar-refractivity contribution in [1.29, 1.82) is 0 Å². The molecule has 0 saturated heterocycles. The number of ether oxygens (including phenoxy) is 1. The minimum atomic E-state index is -4.06. The molecule has 0 N–H and O–H groups in total. The molecule has 1 aromatic heterocycles. The molecule has 2 aromatic rings. The van der Waals surface area contributed by atoms with Gasteiger partial charge in [0.25, 0.3) is 15.9 Å². The van der Waals surface area contributed by atoms with Gasteiger partial charge in [-0.3, -0.25) is 9.63 Å². The Bertz CT molecular complexity index is 944. The van der Waals surface area contributed by atoms with Crippen LogP contribution in [0.2, 0.25) is 5.02 Å². The first-order valence-electron chi connectivity index (χ1n) is 7.93. The minimum Gasteiger partial charge on any atom is -0.467 e. The standard InChI is InChI=1S/C17H19ClN2O7S/c1-19(10-13-5-4-8-26-13)16(21)11-27-17(22)12-6-7-14(18)15(9-12)28(23,24)20(2)25-3/h4-9H,10-11H2,1-3H3. The molecule has 11 heteroatoms. The lowest BCUT2D eigenvalue weighted by Crippen LogP contribution is -2.30. The molecule has 0 aliphatic carbocycles. The summed E-state index contributed by atoms with van der Waals surface area (Å²) in [6.45, 7) is -0.297. The maximum atomic E-state index is 12.4. The normalized spacial score (nSPS) is 11.5. The summed E-state index contributed by atoms with van der Waals surface area (Å²) < 4.78 is 35.5. The van der Waals surface area contributed by atoms with Crippen LogP contribution in [0.3, 0.4) is 0 Å². The Balaban J connectivity index is 2.06. The van der Waals surface area contributed by atoms with Gasteiger partial charge in [0.15, 0.2) is 6.61 Å². The molecule has 0 radical (unpaired) electrons. The Morgan fingerprint density at radius 2 is 1.93 bits per heavy atom. The van der Waals surface area contributed by atoms with Crippen LogP contribution in [0.4, 0.5) is 0 Å². The van der Waals surface area contributed by atoms with Gasteiger partial charge in [-0.1, -0.05) is 16.1 Å². The molecule has 1 aromatic carbocycles. The zero-order chi connectivity index (χ0) is 20.9. The summed E-state index contributed by atoms with van der Waals surface area (Å²) in [4.78, 5) is 30.0. The summed E-state index contributed by atoms with van der Waals surface area (Å²) in [5.41, 5.74) is -0.0750. The number of hydrogen-bond donors (Lipinski definition) is 0. The topological polar surface area (TPSA) is 106 Å². The first-order valence-corrected chi connectivity index (χ1v) is 9.74. The molecule has 152 valence electrons. The van der Waals surface area contributed by atoms with Gasteiger partial charge in [0.1, 0.15) is 10.7 Å². The molecule has 28 heavy (non-hydrogen) atoms. The summed E-state index contributed by atoms with van der Waals surface area (Å²) in [6.07, 6.45) is 1.49. The molecule has 0 unspecified atom stereocenters. The number of rotatable bonds is 8. The predicted molar refractivity (Wildman–Crippen MR) is 98.9 cm³/mol. The maximum Gasteiger partial charge on any atom is 0.338 e. The Labute approximate surface area is 167 Å². The smallest absolute Gasteiger partial charge is 0.338 e. The molecule has 1 amide bonds. The quantitative estimate of drug-likeness (QED) is 0.465. The highest BCUT2D eigenvalue weighted by Crippen LogP contribution is 2.25. The molecule has 0 fully saturated rings. The van der Waals surface area contributed by atoms with Gasteiger partial charge in [0, 0.05) is 14.1 Å². The van der Waals surface area contributed by atoms with Crippen molar-refractivity contribution in [1.82, 2.24) is 9.37 Å². The van der Waals surface area contributed by atoms with Crippen LogP contribution in [-0.4, -0.2) is 57.5 Å². The second kappa shape index (κ2) is 9.20. The number of halogens is 1. The van der Waals surface area contributed by atoms with E-state index in [2.05, 4.69) is 4.84 Å². The Kier molecular flexibility index (Phi) is 7.19. The second-order valence-electron chi connectivity index (χ2n) is 5.65. The molecule has 0 aliphatic rings. The summed E-state index contributed by atoms with van der Waals surface area (Å²) in [5.74, 6) is -0.740. The van der Waals surface area contributed by atoms with E-state index in [9.17, 15) is 18.0 Å². The third-order valence-corrected chi connectivity index (χ3v) is 5.93. The monoisotopic (exact) mass is 430 g/mol. The van der Waals surface area contributed by atoms with E-state index in [1.165, 1.54) is 44.5 Å². The van der Waals surface area contributed by atoms with Crippen molar-refractivity contribution in [2.45, 2.75) is 11.4 Å². The third kappa shape index (κ3) is 5.10. The van der Waals surface area contributed by atoms with Crippen LogP contribution in [0.5, 0.6) is 0 Å². The SMILES string of the molecule is CON(C)S(=O)(=O)c1cc(C(=O)OCC(=O)N(C)Cc2ccco2)ccc1Cl. The average Bonchev–Trinajstić information content (AvgIpc) is 3.18. The Morgan fingerprint density at radius 1 is 1.21 bits per heavy atom. The van der Waals surface area contributed by atoms with Crippen molar-refractivity contribution in [3.05, 3.63) is 52.9 Å². The number of esters is 1. The van der Waals surface area contributed by atoms with Gasteiger partial charge in [0.05, 0.1) is 30.5 Å². The zero-order valence-electron chi connectivity index (χ0n) is 15.4. The van der Waals surface area contributed by atoms with Gasteiger partial charge in [-0.2, -0.15) is 0 Å². The Morgan fingerprint density at radius 3 is 2.54 bits per heavy atom. The number of amides is 1. The molecule has 0 saturated carbocycles. The summed E-state index contributed by atoms with van der Waals surface area (Å²) >= 11 is 5.94. The number of likely N-dealkylation sites (N-methyl/N-ethyl adjacent to an activating group) is 1. The van der Waals surface area contributed by atoms with Crippen molar-refractivity contribution in [2.75, 3.05) is 27.8 Å². The molecule has 0 bridgehead atoms. The number of sulfonamides is 1. The van der Waals surface area contributed by atoms with Crippen LogP contribution < -0.4 is 0 Å². The number of furan rings is 1. The van der Waals surface area contributed by atoms with Gasteiger partial charge in [-0.15, -0.1) is 0 Å². The first kappa shape index (κ1) is 21.9. The summed E-state index contributed by atoms with van der Waals surface area (Å²) in [5, 5.41) is -0.0882. The molecule has 0 atom stereocenters. The molecule has 9 nitrogen and oxygen atoms in total. The molecular weight excluding hydrogens is 412 g/mol. The fraction of sp³-hybridized carbons (Fsp3) is 0.294. The van der Waals surface area contributed by atoms with Gasteiger partial charge >= 0.3 is 5.97 Å². The van der Waals surface area contributed by atoms with E-state index in [0.29, 0.717) is 10.2 Å². The highest BCUT2D eigenvalue weighted by molar-refractivity contribution is 7.89. The van der Waals surface area contributed by atoms with E-state index >= 15 is 0 Å². The van der Waals surface area contributed by atoms with Crippen LogP contribution in [-0.2, 0) is 30.9 Å². The van der Waals surface area contributed by atoms with Gasteiger partial charge in [-0.25, -0.2) is 13.2 Å². The van der Waals surface area contributed by atoms with E-state index in [0.717, 1.165) is 6.07 Å². The second-order valence-corrected chi connectivity index (χ2v) is 7.96. The van der Waals surface area contributed by atoms with Crippen molar-refractivity contribution >= 4 is 33.5 Å². The fourth-order valence-electron chi connectivity index (χ4n) is 2.11. The van der Waals surface area contributed by atoms with Crippen molar-refractivity contribution in [2.24, 2.45) is 0 Å². The number of carbonyl (C=O) groups excluding carboxylic acids is 2. The van der Waals surface area contributed by atoms with Crippen LogP contribution in [0.1, 0.15) is 16.1 Å². The molecule has 2 rings (SSSR count). The highest BCUT2D eigenvalue weighted by Gasteiger charge is 2.25. The van der Waals surface area contributed by atoms with Crippen LogP contribution in [0.25, 0.3) is 0 Å².